The van der Waals surface area contributed by atoms with E-state index in [0.717, 1.165) is 38.6 Å². The Labute approximate surface area is 214 Å². The maximum Gasteiger partial charge on any atom is 0.164 e. The summed E-state index contributed by atoms with van der Waals surface area (Å²) in [5.41, 5.74) is 4.17. The number of hydrogen-bond acceptors (Lipinski definition) is 3. The molecule has 0 spiro atoms. The Kier molecular flexibility index (Phi) is 4.76. The largest absolute Gasteiger partial charge is 0.234 e. The van der Waals surface area contributed by atoms with E-state index < -0.39 is 5.67 Å². The predicted molar refractivity (Wildman–Crippen MR) is 147 cm³/mol. The highest BCUT2D eigenvalue weighted by molar-refractivity contribution is 5.87. The second-order valence-corrected chi connectivity index (χ2v) is 9.54. The summed E-state index contributed by atoms with van der Waals surface area (Å²) in [4.78, 5) is 14.6. The smallest absolute Gasteiger partial charge is 0.164 e. The van der Waals surface area contributed by atoms with Crippen LogP contribution in [0.5, 0.6) is 0 Å². The summed E-state index contributed by atoms with van der Waals surface area (Å²) in [6.07, 6.45) is 0. The van der Waals surface area contributed by atoms with Crippen molar-refractivity contribution in [3.63, 3.8) is 0 Å². The fraction of sp³-hybridized carbons (Fsp3) is 0.0606. The zero-order valence-electron chi connectivity index (χ0n) is 20.2. The Morgan fingerprint density at radius 2 is 1.05 bits per heavy atom. The molecule has 0 saturated carbocycles. The fourth-order valence-corrected chi connectivity index (χ4v) is 5.26. The third-order valence-electron chi connectivity index (χ3n) is 7.18. The summed E-state index contributed by atoms with van der Waals surface area (Å²) in [6.45, 7) is 1.63. The van der Waals surface area contributed by atoms with Crippen LogP contribution in [0, 0.1) is 0 Å². The van der Waals surface area contributed by atoms with Crippen LogP contribution >= 0.6 is 0 Å². The van der Waals surface area contributed by atoms with Gasteiger partial charge in [-0.15, -0.1) is 0 Å². The number of halogens is 1. The number of fused-ring (bicyclic) bond motifs is 4. The van der Waals surface area contributed by atoms with E-state index in [2.05, 4.69) is 24.3 Å². The molecule has 1 atom stereocenters. The van der Waals surface area contributed by atoms with Gasteiger partial charge in [-0.25, -0.2) is 19.3 Å². The SMILES string of the molecule is C[C@]1(F)c2ccccc2-c2ccc(-c3nc(-c4ccccc4)nc(-c4ccc5ccccc5c4)n3)cc21. The van der Waals surface area contributed by atoms with Crippen molar-refractivity contribution in [1.82, 2.24) is 15.0 Å². The van der Waals surface area contributed by atoms with E-state index in [1.807, 2.05) is 91.0 Å². The molecule has 1 heterocycles. The standard InChI is InChI=1S/C33H22FN3/c1-33(34)28-14-8-7-13-26(28)27-18-17-25(20-29(27)33)32-36-30(22-10-3-2-4-11-22)35-31(37-32)24-16-15-21-9-5-6-12-23(21)19-24/h2-20H,1H3/t33-/m0/s1. The first-order chi connectivity index (χ1) is 18.1. The average molecular weight is 480 g/mol. The molecule has 0 bridgehead atoms. The maximum atomic E-state index is 16.1. The summed E-state index contributed by atoms with van der Waals surface area (Å²) in [5, 5.41) is 2.27. The lowest BCUT2D eigenvalue weighted by atomic mass is 9.94. The molecule has 7 rings (SSSR count). The van der Waals surface area contributed by atoms with Crippen LogP contribution < -0.4 is 0 Å². The van der Waals surface area contributed by atoms with Crippen molar-refractivity contribution in [3.8, 4) is 45.3 Å². The molecule has 1 aromatic heterocycles. The molecule has 1 aliphatic carbocycles. The monoisotopic (exact) mass is 479 g/mol. The molecule has 0 unspecified atom stereocenters. The number of benzene rings is 5. The van der Waals surface area contributed by atoms with Gasteiger partial charge in [-0.05, 0) is 41.0 Å². The maximum absolute atomic E-state index is 16.1. The molecule has 176 valence electrons. The van der Waals surface area contributed by atoms with Gasteiger partial charge in [0.15, 0.2) is 23.1 Å². The minimum Gasteiger partial charge on any atom is -0.234 e. The predicted octanol–water partition coefficient (Wildman–Crippen LogP) is 8.24. The lowest BCUT2D eigenvalue weighted by Gasteiger charge is -2.17. The summed E-state index contributed by atoms with van der Waals surface area (Å²) >= 11 is 0. The molecule has 0 aliphatic heterocycles. The van der Waals surface area contributed by atoms with Gasteiger partial charge in [0.2, 0.25) is 0 Å². The van der Waals surface area contributed by atoms with Crippen molar-refractivity contribution >= 4 is 10.8 Å². The first kappa shape index (κ1) is 21.6. The summed E-state index contributed by atoms with van der Waals surface area (Å²) in [7, 11) is 0. The number of alkyl halides is 1. The van der Waals surface area contributed by atoms with E-state index in [-0.39, 0.29) is 0 Å². The molecular weight excluding hydrogens is 457 g/mol. The quantitative estimate of drug-likeness (QED) is 0.257. The number of aromatic nitrogens is 3. The molecule has 0 N–H and O–H groups in total. The molecular formula is C33H22FN3. The van der Waals surface area contributed by atoms with Crippen molar-refractivity contribution < 1.29 is 4.39 Å². The Bertz CT molecular complexity index is 1810. The van der Waals surface area contributed by atoms with Gasteiger partial charge in [0.05, 0.1) is 0 Å². The minimum atomic E-state index is -1.58. The highest BCUT2D eigenvalue weighted by atomic mass is 19.1. The van der Waals surface area contributed by atoms with Crippen LogP contribution in [-0.4, -0.2) is 15.0 Å². The van der Waals surface area contributed by atoms with Gasteiger partial charge in [0, 0.05) is 27.8 Å². The van der Waals surface area contributed by atoms with Crippen molar-refractivity contribution in [2.24, 2.45) is 0 Å². The molecule has 3 nitrogen and oxygen atoms in total. The topological polar surface area (TPSA) is 38.7 Å². The number of rotatable bonds is 3. The van der Waals surface area contributed by atoms with Gasteiger partial charge in [0.25, 0.3) is 0 Å². The van der Waals surface area contributed by atoms with Crippen molar-refractivity contribution in [2.45, 2.75) is 12.6 Å². The van der Waals surface area contributed by atoms with E-state index >= 15 is 4.39 Å². The van der Waals surface area contributed by atoms with Crippen molar-refractivity contribution in [2.75, 3.05) is 0 Å². The Balaban J connectivity index is 1.42. The summed E-state index contributed by atoms with van der Waals surface area (Å²) < 4.78 is 16.1. The van der Waals surface area contributed by atoms with E-state index in [9.17, 15) is 0 Å². The van der Waals surface area contributed by atoms with Gasteiger partial charge in [0.1, 0.15) is 0 Å². The third-order valence-corrected chi connectivity index (χ3v) is 7.18. The second kappa shape index (κ2) is 8.17. The van der Waals surface area contributed by atoms with Crippen LogP contribution in [0.25, 0.3) is 56.1 Å². The van der Waals surface area contributed by atoms with Gasteiger partial charge < -0.3 is 0 Å². The molecule has 0 amide bonds. The van der Waals surface area contributed by atoms with Crippen LogP contribution in [0.1, 0.15) is 18.1 Å². The average Bonchev–Trinajstić information content (AvgIpc) is 3.19. The summed E-state index contributed by atoms with van der Waals surface area (Å²) in [6, 6.07) is 37.8. The van der Waals surface area contributed by atoms with Gasteiger partial charge >= 0.3 is 0 Å². The molecule has 1 aliphatic rings. The van der Waals surface area contributed by atoms with Gasteiger partial charge in [-0.3, -0.25) is 0 Å². The van der Waals surface area contributed by atoms with Crippen molar-refractivity contribution in [1.29, 1.82) is 0 Å². The van der Waals surface area contributed by atoms with Crippen LogP contribution in [0.3, 0.4) is 0 Å². The Morgan fingerprint density at radius 1 is 0.486 bits per heavy atom. The normalized spacial score (nSPS) is 15.9. The minimum absolute atomic E-state index is 0.520. The molecule has 0 fully saturated rings. The first-order valence-corrected chi connectivity index (χ1v) is 12.3. The van der Waals surface area contributed by atoms with E-state index in [4.69, 9.17) is 15.0 Å². The first-order valence-electron chi connectivity index (χ1n) is 12.3. The van der Waals surface area contributed by atoms with Crippen LogP contribution in [0.15, 0.2) is 115 Å². The molecule has 37 heavy (non-hydrogen) atoms. The summed E-state index contributed by atoms with van der Waals surface area (Å²) in [5.74, 6) is 1.69. The Hall–Kier alpha value is -4.70. The van der Waals surface area contributed by atoms with E-state index in [1.54, 1.807) is 6.92 Å². The van der Waals surface area contributed by atoms with Crippen LogP contribution in [-0.2, 0) is 5.67 Å². The molecule has 6 aromatic rings. The lowest BCUT2D eigenvalue weighted by Crippen LogP contribution is -2.13. The molecule has 4 heteroatoms. The second-order valence-electron chi connectivity index (χ2n) is 9.54. The van der Waals surface area contributed by atoms with E-state index in [1.165, 1.54) is 0 Å². The zero-order valence-corrected chi connectivity index (χ0v) is 20.2. The number of hydrogen-bond donors (Lipinski definition) is 0. The molecule has 0 radical (unpaired) electrons. The molecule has 0 saturated heterocycles. The molecule has 5 aromatic carbocycles. The van der Waals surface area contributed by atoms with Gasteiger partial charge in [-0.1, -0.05) is 103 Å². The van der Waals surface area contributed by atoms with Crippen LogP contribution in [0.4, 0.5) is 4.39 Å². The lowest BCUT2D eigenvalue weighted by molar-refractivity contribution is 0.258. The number of nitrogens with zero attached hydrogens (tertiary/aromatic N) is 3. The van der Waals surface area contributed by atoms with E-state index in [0.29, 0.717) is 28.6 Å². The highest BCUT2D eigenvalue weighted by Gasteiger charge is 2.39. The van der Waals surface area contributed by atoms with Crippen LogP contribution in [0.2, 0.25) is 0 Å². The van der Waals surface area contributed by atoms with Crippen molar-refractivity contribution in [3.05, 3.63) is 126 Å². The highest BCUT2D eigenvalue weighted by Crippen LogP contribution is 2.50. The third kappa shape index (κ3) is 3.53. The zero-order chi connectivity index (χ0) is 25.0. The fourth-order valence-electron chi connectivity index (χ4n) is 5.26. The van der Waals surface area contributed by atoms with Gasteiger partial charge in [-0.2, -0.15) is 0 Å². The Morgan fingerprint density at radius 3 is 1.84 bits per heavy atom.